The Balaban J connectivity index is 2.90. The van der Waals surface area contributed by atoms with E-state index in [0.717, 1.165) is 10.0 Å². The molecule has 0 saturated carbocycles. The molecule has 0 aromatic heterocycles. The van der Waals surface area contributed by atoms with Crippen molar-refractivity contribution in [1.29, 1.82) is 5.26 Å². The standard InChI is InChI=1S/C13H14BrNO2/c1-3-17-12(16)13(2,9-15)8-10-5-4-6-11(14)7-10/h4-7H,3,8H2,1-2H3. The maximum absolute atomic E-state index is 11.7. The third-order valence-electron chi connectivity index (χ3n) is 2.42. The van der Waals surface area contributed by atoms with E-state index in [2.05, 4.69) is 15.9 Å². The van der Waals surface area contributed by atoms with Crippen molar-refractivity contribution in [2.75, 3.05) is 6.61 Å². The van der Waals surface area contributed by atoms with Crippen molar-refractivity contribution in [3.8, 4) is 6.07 Å². The van der Waals surface area contributed by atoms with E-state index in [1.54, 1.807) is 13.8 Å². The Bertz CT molecular complexity index is 453. The summed E-state index contributed by atoms with van der Waals surface area (Å²) in [6, 6.07) is 9.60. The second-order valence-electron chi connectivity index (χ2n) is 3.97. The van der Waals surface area contributed by atoms with Gasteiger partial charge in [-0.15, -0.1) is 0 Å². The van der Waals surface area contributed by atoms with Gasteiger partial charge in [0.25, 0.3) is 0 Å². The molecule has 1 aromatic carbocycles. The summed E-state index contributed by atoms with van der Waals surface area (Å²) in [6.45, 7) is 3.62. The van der Waals surface area contributed by atoms with Gasteiger partial charge in [0.2, 0.25) is 0 Å². The predicted octanol–water partition coefficient (Wildman–Crippen LogP) is 3.08. The van der Waals surface area contributed by atoms with Crippen molar-refractivity contribution >= 4 is 21.9 Å². The first kappa shape index (κ1) is 13.7. The SMILES string of the molecule is CCOC(=O)C(C)(C#N)Cc1cccc(Br)c1. The Kier molecular flexibility index (Phi) is 4.71. The maximum Gasteiger partial charge on any atom is 0.326 e. The molecule has 90 valence electrons. The Morgan fingerprint density at radius 3 is 2.82 bits per heavy atom. The lowest BCUT2D eigenvalue weighted by atomic mass is 9.85. The van der Waals surface area contributed by atoms with Crippen LogP contribution in [-0.4, -0.2) is 12.6 Å². The summed E-state index contributed by atoms with van der Waals surface area (Å²) in [4.78, 5) is 11.7. The number of nitrogens with zero attached hydrogens (tertiary/aromatic N) is 1. The molecule has 0 aliphatic heterocycles. The molecule has 0 aliphatic carbocycles. The van der Waals surface area contributed by atoms with Crippen molar-refractivity contribution in [3.05, 3.63) is 34.3 Å². The lowest BCUT2D eigenvalue weighted by Crippen LogP contribution is -2.30. The lowest BCUT2D eigenvalue weighted by Gasteiger charge is -2.19. The van der Waals surface area contributed by atoms with Gasteiger partial charge in [0.05, 0.1) is 12.7 Å². The minimum Gasteiger partial charge on any atom is -0.465 e. The molecule has 0 spiro atoms. The number of hydrogen-bond donors (Lipinski definition) is 0. The van der Waals surface area contributed by atoms with Gasteiger partial charge in [-0.25, -0.2) is 0 Å². The summed E-state index contributed by atoms with van der Waals surface area (Å²) in [7, 11) is 0. The van der Waals surface area contributed by atoms with Crippen LogP contribution in [0.25, 0.3) is 0 Å². The average Bonchev–Trinajstić information content (AvgIpc) is 2.29. The molecule has 0 heterocycles. The highest BCUT2D eigenvalue weighted by molar-refractivity contribution is 9.10. The van der Waals surface area contributed by atoms with Crippen molar-refractivity contribution in [1.82, 2.24) is 0 Å². The van der Waals surface area contributed by atoms with E-state index >= 15 is 0 Å². The van der Waals surface area contributed by atoms with Gasteiger partial charge in [-0.05, 0) is 31.5 Å². The average molecular weight is 296 g/mol. The van der Waals surface area contributed by atoms with Crippen LogP contribution in [0.4, 0.5) is 0 Å². The number of hydrogen-bond acceptors (Lipinski definition) is 3. The smallest absolute Gasteiger partial charge is 0.326 e. The number of halogens is 1. The van der Waals surface area contributed by atoms with E-state index in [1.807, 2.05) is 30.3 Å². The minimum absolute atomic E-state index is 0.286. The van der Waals surface area contributed by atoms with E-state index in [9.17, 15) is 4.79 Å². The first-order valence-electron chi connectivity index (χ1n) is 5.35. The largest absolute Gasteiger partial charge is 0.465 e. The summed E-state index contributed by atoms with van der Waals surface area (Å²) in [5.41, 5.74) is -0.201. The van der Waals surface area contributed by atoms with E-state index < -0.39 is 11.4 Å². The highest BCUT2D eigenvalue weighted by Crippen LogP contribution is 2.25. The van der Waals surface area contributed by atoms with Crippen LogP contribution in [0.3, 0.4) is 0 Å². The molecule has 0 amide bonds. The second-order valence-corrected chi connectivity index (χ2v) is 4.89. The number of rotatable bonds is 4. The second kappa shape index (κ2) is 5.83. The van der Waals surface area contributed by atoms with Crippen LogP contribution in [-0.2, 0) is 16.0 Å². The molecule has 0 radical (unpaired) electrons. The van der Waals surface area contributed by atoms with Crippen molar-refractivity contribution in [3.63, 3.8) is 0 Å². The first-order valence-corrected chi connectivity index (χ1v) is 6.14. The van der Waals surface area contributed by atoms with Gasteiger partial charge in [0.15, 0.2) is 5.41 Å². The molecular weight excluding hydrogens is 282 g/mol. The van der Waals surface area contributed by atoms with Gasteiger partial charge >= 0.3 is 5.97 Å². The molecule has 0 bridgehead atoms. The van der Waals surface area contributed by atoms with E-state index in [0.29, 0.717) is 6.42 Å². The van der Waals surface area contributed by atoms with Gasteiger partial charge in [-0.2, -0.15) is 5.26 Å². The molecule has 0 aliphatic rings. The third kappa shape index (κ3) is 3.57. The summed E-state index contributed by atoms with van der Waals surface area (Å²) >= 11 is 3.36. The Morgan fingerprint density at radius 1 is 1.59 bits per heavy atom. The fourth-order valence-corrected chi connectivity index (χ4v) is 1.95. The fraction of sp³-hybridized carbons (Fsp3) is 0.385. The van der Waals surface area contributed by atoms with Crippen LogP contribution in [0.5, 0.6) is 0 Å². The predicted molar refractivity (Wildman–Crippen MR) is 68.2 cm³/mol. The summed E-state index contributed by atoms with van der Waals surface area (Å²) in [6.07, 6.45) is 0.349. The Morgan fingerprint density at radius 2 is 2.29 bits per heavy atom. The normalized spacial score (nSPS) is 13.5. The number of ether oxygens (including phenoxy) is 1. The molecule has 0 saturated heterocycles. The lowest BCUT2D eigenvalue weighted by molar-refractivity contribution is -0.151. The monoisotopic (exact) mass is 295 g/mol. The topological polar surface area (TPSA) is 50.1 Å². The molecule has 1 unspecified atom stereocenters. The number of benzene rings is 1. The van der Waals surface area contributed by atoms with Gasteiger partial charge < -0.3 is 4.74 Å². The van der Waals surface area contributed by atoms with E-state index in [-0.39, 0.29) is 6.61 Å². The summed E-state index contributed by atoms with van der Waals surface area (Å²) in [5, 5.41) is 9.15. The zero-order valence-corrected chi connectivity index (χ0v) is 11.5. The third-order valence-corrected chi connectivity index (χ3v) is 2.91. The molecule has 1 rings (SSSR count). The van der Waals surface area contributed by atoms with Crippen LogP contribution in [0.1, 0.15) is 19.4 Å². The van der Waals surface area contributed by atoms with Crippen molar-refractivity contribution < 1.29 is 9.53 Å². The van der Waals surface area contributed by atoms with Crippen LogP contribution in [0, 0.1) is 16.7 Å². The highest BCUT2D eigenvalue weighted by atomic mass is 79.9. The van der Waals surface area contributed by atoms with Crippen molar-refractivity contribution in [2.45, 2.75) is 20.3 Å². The Hall–Kier alpha value is -1.34. The summed E-state index contributed by atoms with van der Waals surface area (Å²) in [5.74, 6) is -0.470. The molecular formula is C13H14BrNO2. The van der Waals surface area contributed by atoms with E-state index in [4.69, 9.17) is 10.00 Å². The van der Waals surface area contributed by atoms with Crippen LogP contribution in [0.15, 0.2) is 28.7 Å². The zero-order chi connectivity index (χ0) is 12.9. The fourth-order valence-electron chi connectivity index (χ4n) is 1.50. The van der Waals surface area contributed by atoms with Gasteiger partial charge in [0.1, 0.15) is 0 Å². The van der Waals surface area contributed by atoms with Crippen LogP contribution < -0.4 is 0 Å². The molecule has 17 heavy (non-hydrogen) atoms. The van der Waals surface area contributed by atoms with Gasteiger partial charge in [-0.1, -0.05) is 28.1 Å². The molecule has 1 atom stereocenters. The number of esters is 1. The van der Waals surface area contributed by atoms with Gasteiger partial charge in [0, 0.05) is 10.9 Å². The maximum atomic E-state index is 11.7. The molecule has 0 fully saturated rings. The van der Waals surface area contributed by atoms with Crippen molar-refractivity contribution in [2.24, 2.45) is 5.41 Å². The molecule has 0 N–H and O–H groups in total. The Labute approximate surface area is 110 Å². The van der Waals surface area contributed by atoms with Crippen LogP contribution in [0.2, 0.25) is 0 Å². The highest BCUT2D eigenvalue weighted by Gasteiger charge is 2.35. The zero-order valence-electron chi connectivity index (χ0n) is 9.87. The summed E-state index contributed by atoms with van der Waals surface area (Å²) < 4.78 is 5.86. The number of nitriles is 1. The van der Waals surface area contributed by atoms with Gasteiger partial charge in [-0.3, -0.25) is 4.79 Å². The number of carbonyl (C=O) groups excluding carboxylic acids is 1. The van der Waals surface area contributed by atoms with Crippen LogP contribution >= 0.6 is 15.9 Å². The molecule has 4 heteroatoms. The minimum atomic E-state index is -1.13. The van der Waals surface area contributed by atoms with E-state index in [1.165, 1.54) is 0 Å². The molecule has 3 nitrogen and oxygen atoms in total. The first-order chi connectivity index (χ1) is 8.01. The number of carbonyl (C=O) groups is 1. The molecule has 1 aromatic rings. The quantitative estimate of drug-likeness (QED) is 0.802.